The van der Waals surface area contributed by atoms with Crippen LogP contribution in [0.5, 0.6) is 0 Å². The van der Waals surface area contributed by atoms with E-state index in [2.05, 4.69) is 0 Å². The molecule has 0 aromatic carbocycles. The standard InChI is InChI=1S/C13H27NO5S/c1-17-9-10-18-7-4-8-19-11-13(5-2-3-6-13)12-20(14,15)16/h2-12H2,1H3,(H2,14,15,16). The lowest BCUT2D eigenvalue weighted by atomic mass is 9.90. The first kappa shape index (κ1) is 17.8. The van der Waals surface area contributed by atoms with Gasteiger partial charge in [0.25, 0.3) is 0 Å². The predicted molar refractivity (Wildman–Crippen MR) is 77.0 cm³/mol. The molecule has 1 aliphatic carbocycles. The van der Waals surface area contributed by atoms with E-state index in [1.807, 2.05) is 0 Å². The summed E-state index contributed by atoms with van der Waals surface area (Å²) in [6.07, 6.45) is 4.68. The Morgan fingerprint density at radius 3 is 2.30 bits per heavy atom. The number of ether oxygens (including phenoxy) is 3. The van der Waals surface area contributed by atoms with Crippen molar-refractivity contribution in [2.75, 3.05) is 45.9 Å². The van der Waals surface area contributed by atoms with Crippen LogP contribution in [0.1, 0.15) is 32.1 Å². The van der Waals surface area contributed by atoms with E-state index in [9.17, 15) is 8.42 Å². The summed E-state index contributed by atoms with van der Waals surface area (Å²) in [4.78, 5) is 0. The van der Waals surface area contributed by atoms with Crippen LogP contribution in [0.4, 0.5) is 0 Å². The van der Waals surface area contributed by atoms with Gasteiger partial charge in [-0.15, -0.1) is 0 Å². The van der Waals surface area contributed by atoms with Crippen molar-refractivity contribution in [3.63, 3.8) is 0 Å². The highest BCUT2D eigenvalue weighted by Crippen LogP contribution is 2.39. The molecule has 0 saturated heterocycles. The molecule has 0 unspecified atom stereocenters. The minimum absolute atomic E-state index is 0.0321. The lowest BCUT2D eigenvalue weighted by molar-refractivity contribution is 0.0288. The van der Waals surface area contributed by atoms with Gasteiger partial charge in [-0.2, -0.15) is 0 Å². The monoisotopic (exact) mass is 309 g/mol. The van der Waals surface area contributed by atoms with E-state index in [0.717, 1.165) is 32.1 Å². The maximum absolute atomic E-state index is 11.3. The minimum Gasteiger partial charge on any atom is -0.382 e. The normalized spacial score (nSPS) is 18.5. The minimum atomic E-state index is -3.44. The lowest BCUT2D eigenvalue weighted by Crippen LogP contribution is -2.35. The third kappa shape index (κ3) is 7.54. The molecule has 0 aliphatic heterocycles. The van der Waals surface area contributed by atoms with Crippen LogP contribution >= 0.6 is 0 Å². The number of rotatable bonds is 11. The summed E-state index contributed by atoms with van der Waals surface area (Å²) in [7, 11) is -1.80. The van der Waals surface area contributed by atoms with Gasteiger partial charge in [0.1, 0.15) is 0 Å². The van der Waals surface area contributed by atoms with Crippen molar-refractivity contribution >= 4 is 10.0 Å². The average Bonchev–Trinajstić information content (AvgIpc) is 2.79. The van der Waals surface area contributed by atoms with Crippen molar-refractivity contribution < 1.29 is 22.6 Å². The fraction of sp³-hybridized carbons (Fsp3) is 1.00. The summed E-state index contributed by atoms with van der Waals surface area (Å²) in [6, 6.07) is 0. The van der Waals surface area contributed by atoms with Crippen LogP contribution in [0.25, 0.3) is 0 Å². The summed E-state index contributed by atoms with van der Waals surface area (Å²) in [5, 5.41) is 5.18. The van der Waals surface area contributed by atoms with Crippen LogP contribution in [-0.4, -0.2) is 54.3 Å². The predicted octanol–water partition coefficient (Wildman–Crippen LogP) is 0.905. The summed E-state index contributed by atoms with van der Waals surface area (Å²) >= 11 is 0. The molecule has 0 amide bonds. The van der Waals surface area contributed by atoms with Gasteiger partial charge in [0, 0.05) is 25.7 Å². The smallest absolute Gasteiger partial charge is 0.209 e. The van der Waals surface area contributed by atoms with Crippen LogP contribution in [0.2, 0.25) is 0 Å². The number of methoxy groups -OCH3 is 1. The van der Waals surface area contributed by atoms with Crippen LogP contribution in [-0.2, 0) is 24.2 Å². The number of hydrogen-bond acceptors (Lipinski definition) is 5. The zero-order chi connectivity index (χ0) is 14.9. The molecule has 1 aliphatic rings. The number of nitrogens with two attached hydrogens (primary N) is 1. The number of primary sulfonamides is 1. The van der Waals surface area contributed by atoms with Gasteiger partial charge < -0.3 is 14.2 Å². The van der Waals surface area contributed by atoms with Crippen molar-refractivity contribution in [2.45, 2.75) is 32.1 Å². The van der Waals surface area contributed by atoms with Gasteiger partial charge in [-0.25, -0.2) is 13.6 Å². The van der Waals surface area contributed by atoms with Crippen molar-refractivity contribution in [3.05, 3.63) is 0 Å². The van der Waals surface area contributed by atoms with E-state index in [1.54, 1.807) is 7.11 Å². The molecule has 0 radical (unpaired) electrons. The van der Waals surface area contributed by atoms with Crippen LogP contribution in [0.15, 0.2) is 0 Å². The van der Waals surface area contributed by atoms with Gasteiger partial charge in [-0.05, 0) is 19.3 Å². The topological polar surface area (TPSA) is 87.8 Å². The second-order valence-corrected chi connectivity index (χ2v) is 7.14. The van der Waals surface area contributed by atoms with Crippen molar-refractivity contribution in [2.24, 2.45) is 10.6 Å². The Kier molecular flexibility index (Phi) is 7.98. The lowest BCUT2D eigenvalue weighted by Gasteiger charge is -2.27. The number of sulfonamides is 1. The van der Waals surface area contributed by atoms with Gasteiger partial charge in [-0.1, -0.05) is 12.8 Å². The molecule has 0 aromatic heterocycles. The molecule has 6 nitrogen and oxygen atoms in total. The molecule has 2 N–H and O–H groups in total. The molecule has 0 bridgehead atoms. The summed E-state index contributed by atoms with van der Waals surface area (Å²) < 4.78 is 38.5. The van der Waals surface area contributed by atoms with Crippen molar-refractivity contribution in [1.82, 2.24) is 0 Å². The molecule has 0 spiro atoms. The third-order valence-corrected chi connectivity index (χ3v) is 4.60. The Bertz CT molecular complexity index is 352. The quantitative estimate of drug-likeness (QED) is 0.573. The second kappa shape index (κ2) is 8.94. The average molecular weight is 309 g/mol. The fourth-order valence-corrected chi connectivity index (χ4v) is 3.90. The molecule has 20 heavy (non-hydrogen) atoms. The maximum Gasteiger partial charge on any atom is 0.209 e. The SMILES string of the molecule is COCCOCCCOCC1(CS(N)(=O)=O)CCCC1. The highest BCUT2D eigenvalue weighted by molar-refractivity contribution is 7.89. The largest absolute Gasteiger partial charge is 0.382 e. The molecule has 1 fully saturated rings. The highest BCUT2D eigenvalue weighted by atomic mass is 32.2. The molecule has 0 heterocycles. The first-order chi connectivity index (χ1) is 9.47. The molecule has 1 rings (SSSR count). The van der Waals surface area contributed by atoms with E-state index in [0.29, 0.717) is 33.0 Å². The molecular weight excluding hydrogens is 282 g/mol. The van der Waals surface area contributed by atoms with Crippen LogP contribution in [0, 0.1) is 5.41 Å². The summed E-state index contributed by atoms with van der Waals surface area (Å²) in [5.74, 6) is 0.0321. The first-order valence-electron chi connectivity index (χ1n) is 7.12. The zero-order valence-corrected chi connectivity index (χ0v) is 13.1. The van der Waals surface area contributed by atoms with E-state index in [1.165, 1.54) is 0 Å². The molecule has 0 aromatic rings. The zero-order valence-electron chi connectivity index (χ0n) is 12.3. The van der Waals surface area contributed by atoms with Gasteiger partial charge in [0.05, 0.1) is 25.6 Å². The van der Waals surface area contributed by atoms with Crippen LogP contribution in [0.3, 0.4) is 0 Å². The van der Waals surface area contributed by atoms with Crippen molar-refractivity contribution in [1.29, 1.82) is 0 Å². The van der Waals surface area contributed by atoms with Gasteiger partial charge in [0.2, 0.25) is 10.0 Å². The van der Waals surface area contributed by atoms with E-state index < -0.39 is 10.0 Å². The number of hydrogen-bond donors (Lipinski definition) is 1. The first-order valence-corrected chi connectivity index (χ1v) is 8.84. The molecule has 7 heteroatoms. The Labute approximate surface area is 122 Å². The fourth-order valence-electron chi connectivity index (χ4n) is 2.68. The molecule has 1 saturated carbocycles. The molecule has 0 atom stereocenters. The van der Waals surface area contributed by atoms with E-state index >= 15 is 0 Å². The summed E-state index contributed by atoms with van der Waals surface area (Å²) in [5.41, 5.74) is -0.273. The van der Waals surface area contributed by atoms with E-state index in [-0.39, 0.29) is 11.2 Å². The van der Waals surface area contributed by atoms with Crippen molar-refractivity contribution in [3.8, 4) is 0 Å². The Hall–Kier alpha value is -0.210. The van der Waals surface area contributed by atoms with E-state index in [4.69, 9.17) is 19.3 Å². The summed E-state index contributed by atoms with van der Waals surface area (Å²) in [6.45, 7) is 2.87. The molecule has 120 valence electrons. The maximum atomic E-state index is 11.3. The van der Waals surface area contributed by atoms with Gasteiger partial charge in [-0.3, -0.25) is 0 Å². The Balaban J connectivity index is 2.17. The molecular formula is C13H27NO5S. The second-order valence-electron chi connectivity index (χ2n) is 5.53. The van der Waals surface area contributed by atoms with Gasteiger partial charge >= 0.3 is 0 Å². The van der Waals surface area contributed by atoms with Gasteiger partial charge in [0.15, 0.2) is 0 Å². The Morgan fingerprint density at radius 1 is 1.05 bits per heavy atom. The highest BCUT2D eigenvalue weighted by Gasteiger charge is 2.37. The Morgan fingerprint density at radius 2 is 1.70 bits per heavy atom. The van der Waals surface area contributed by atoms with Crippen LogP contribution < -0.4 is 5.14 Å². The third-order valence-electron chi connectivity index (χ3n) is 3.59.